The molecule has 1 heterocycles. The lowest BCUT2D eigenvalue weighted by molar-refractivity contribution is 0.103. The third kappa shape index (κ3) is 2.67. The van der Waals surface area contributed by atoms with E-state index in [2.05, 4.69) is 5.10 Å². The van der Waals surface area contributed by atoms with E-state index < -0.39 is 28.8 Å². The Bertz CT molecular complexity index is 599. The summed E-state index contributed by atoms with van der Waals surface area (Å²) in [5.41, 5.74) is -0.699. The van der Waals surface area contributed by atoms with Crippen molar-refractivity contribution in [2.45, 2.75) is 19.9 Å². The summed E-state index contributed by atoms with van der Waals surface area (Å²) in [5.74, 6) is -4.35. The van der Waals surface area contributed by atoms with Gasteiger partial charge in [0.25, 0.3) is 0 Å². The van der Waals surface area contributed by atoms with Crippen LogP contribution in [0.15, 0.2) is 24.5 Å². The lowest BCUT2D eigenvalue weighted by Crippen LogP contribution is -2.07. The number of carbonyl (C=O) groups excluding carboxylic acids is 1. The van der Waals surface area contributed by atoms with Gasteiger partial charge in [0.15, 0.2) is 0 Å². The minimum Gasteiger partial charge on any atom is -0.288 e. The maximum atomic E-state index is 13.5. The third-order valence-electron chi connectivity index (χ3n) is 2.58. The first-order valence-corrected chi connectivity index (χ1v) is 5.74. The maximum Gasteiger partial charge on any atom is 0.202 e. The first-order chi connectivity index (χ1) is 9.02. The van der Waals surface area contributed by atoms with Gasteiger partial charge in [-0.1, -0.05) is 6.92 Å². The van der Waals surface area contributed by atoms with Crippen molar-refractivity contribution in [3.63, 3.8) is 0 Å². The lowest BCUT2D eigenvalue weighted by atomic mass is 10.1. The van der Waals surface area contributed by atoms with Crippen molar-refractivity contribution in [2.24, 2.45) is 0 Å². The minimum atomic E-state index is -1.22. The molecule has 0 fully saturated rings. The predicted molar refractivity (Wildman–Crippen MR) is 62.3 cm³/mol. The number of benzene rings is 1. The molecule has 2 aromatic rings. The smallest absolute Gasteiger partial charge is 0.202 e. The zero-order valence-electron chi connectivity index (χ0n) is 10.2. The van der Waals surface area contributed by atoms with Gasteiger partial charge in [0.05, 0.1) is 17.3 Å². The van der Waals surface area contributed by atoms with Crippen LogP contribution in [-0.4, -0.2) is 15.6 Å². The van der Waals surface area contributed by atoms with Crippen molar-refractivity contribution in [3.8, 4) is 0 Å². The lowest BCUT2D eigenvalue weighted by Gasteiger charge is -2.02. The zero-order chi connectivity index (χ0) is 14.0. The molecule has 0 amide bonds. The predicted octanol–water partition coefficient (Wildman–Crippen LogP) is 2.94. The van der Waals surface area contributed by atoms with Crippen LogP contribution in [0.1, 0.15) is 29.3 Å². The van der Waals surface area contributed by atoms with E-state index in [9.17, 15) is 18.0 Å². The van der Waals surface area contributed by atoms with E-state index in [0.717, 1.165) is 6.42 Å². The van der Waals surface area contributed by atoms with Crippen molar-refractivity contribution in [3.05, 3.63) is 53.1 Å². The van der Waals surface area contributed by atoms with Crippen LogP contribution in [0.5, 0.6) is 0 Å². The number of ketones is 1. The second-order valence-corrected chi connectivity index (χ2v) is 4.07. The summed E-state index contributed by atoms with van der Waals surface area (Å²) >= 11 is 0. The van der Waals surface area contributed by atoms with E-state index in [1.807, 2.05) is 6.92 Å². The molecule has 100 valence electrons. The van der Waals surface area contributed by atoms with Crippen LogP contribution in [0.3, 0.4) is 0 Å². The molecule has 0 bridgehead atoms. The first-order valence-electron chi connectivity index (χ1n) is 5.74. The molecule has 0 N–H and O–H groups in total. The molecular weight excluding hydrogens is 257 g/mol. The van der Waals surface area contributed by atoms with Crippen LogP contribution in [0, 0.1) is 17.5 Å². The van der Waals surface area contributed by atoms with Gasteiger partial charge in [0.1, 0.15) is 17.5 Å². The van der Waals surface area contributed by atoms with Crippen molar-refractivity contribution in [1.29, 1.82) is 0 Å². The topological polar surface area (TPSA) is 34.9 Å². The molecule has 19 heavy (non-hydrogen) atoms. The Kier molecular flexibility index (Phi) is 3.69. The molecule has 0 aliphatic heterocycles. The van der Waals surface area contributed by atoms with E-state index in [1.165, 1.54) is 17.1 Å². The Labute approximate surface area is 107 Å². The fraction of sp³-hybridized carbons (Fsp3) is 0.231. The van der Waals surface area contributed by atoms with Gasteiger partial charge in [0.2, 0.25) is 5.78 Å². The quantitative estimate of drug-likeness (QED) is 0.799. The highest BCUT2D eigenvalue weighted by Gasteiger charge is 2.21. The number of aromatic nitrogens is 2. The second kappa shape index (κ2) is 5.26. The summed E-state index contributed by atoms with van der Waals surface area (Å²) in [4.78, 5) is 12.0. The zero-order valence-corrected chi connectivity index (χ0v) is 10.2. The fourth-order valence-electron chi connectivity index (χ4n) is 1.74. The molecule has 0 aliphatic carbocycles. The summed E-state index contributed by atoms with van der Waals surface area (Å²) in [7, 11) is 0. The number of hydrogen-bond acceptors (Lipinski definition) is 2. The van der Waals surface area contributed by atoms with E-state index in [1.54, 1.807) is 0 Å². The number of nitrogens with zero attached hydrogens (tertiary/aromatic N) is 2. The molecule has 1 aromatic heterocycles. The number of aryl methyl sites for hydroxylation is 1. The van der Waals surface area contributed by atoms with Gasteiger partial charge in [-0.3, -0.25) is 9.48 Å². The van der Waals surface area contributed by atoms with Crippen LogP contribution in [0.25, 0.3) is 0 Å². The molecule has 0 aliphatic rings. The summed E-state index contributed by atoms with van der Waals surface area (Å²) in [5, 5.41) is 3.91. The molecule has 0 radical (unpaired) electrons. The van der Waals surface area contributed by atoms with Gasteiger partial charge in [-0.25, -0.2) is 13.2 Å². The summed E-state index contributed by atoms with van der Waals surface area (Å²) in [6.07, 6.45) is 3.46. The summed E-state index contributed by atoms with van der Waals surface area (Å²) < 4.78 is 41.2. The molecule has 0 atom stereocenters. The normalized spacial score (nSPS) is 10.7. The Morgan fingerprint density at radius 3 is 2.47 bits per heavy atom. The standard InChI is InChI=1S/C13H11F3N2O/c1-2-3-18-7-8(6-17-18)13(19)12-10(15)4-9(14)5-11(12)16/h4-7H,2-3H2,1H3. The highest BCUT2D eigenvalue weighted by atomic mass is 19.1. The molecule has 1 aromatic carbocycles. The molecule has 3 nitrogen and oxygen atoms in total. The van der Waals surface area contributed by atoms with Crippen molar-refractivity contribution >= 4 is 5.78 Å². The first kappa shape index (κ1) is 13.3. The van der Waals surface area contributed by atoms with Crippen molar-refractivity contribution in [2.75, 3.05) is 0 Å². The highest BCUT2D eigenvalue weighted by molar-refractivity contribution is 6.09. The molecule has 2 rings (SSSR count). The Morgan fingerprint density at radius 2 is 1.89 bits per heavy atom. The molecule has 0 saturated heterocycles. The molecular formula is C13H11F3N2O. The number of rotatable bonds is 4. The highest BCUT2D eigenvalue weighted by Crippen LogP contribution is 2.18. The minimum absolute atomic E-state index is 0.0675. The van der Waals surface area contributed by atoms with Crippen LogP contribution in [0.4, 0.5) is 13.2 Å². The number of halogens is 3. The van der Waals surface area contributed by atoms with Crippen LogP contribution < -0.4 is 0 Å². The van der Waals surface area contributed by atoms with E-state index in [-0.39, 0.29) is 5.56 Å². The Balaban J connectivity index is 2.38. The molecule has 6 heteroatoms. The monoisotopic (exact) mass is 268 g/mol. The van der Waals surface area contributed by atoms with Crippen LogP contribution >= 0.6 is 0 Å². The molecule has 0 unspecified atom stereocenters. The maximum absolute atomic E-state index is 13.5. The second-order valence-electron chi connectivity index (χ2n) is 4.07. The molecule has 0 saturated carbocycles. The fourth-order valence-corrected chi connectivity index (χ4v) is 1.74. The molecule has 0 spiro atoms. The number of carbonyl (C=O) groups is 1. The van der Waals surface area contributed by atoms with Crippen LogP contribution in [-0.2, 0) is 6.54 Å². The van der Waals surface area contributed by atoms with Gasteiger partial charge in [0, 0.05) is 24.9 Å². The third-order valence-corrected chi connectivity index (χ3v) is 2.58. The van der Waals surface area contributed by atoms with Gasteiger partial charge in [-0.2, -0.15) is 5.10 Å². The average Bonchev–Trinajstić information content (AvgIpc) is 2.76. The van der Waals surface area contributed by atoms with Gasteiger partial charge in [-0.05, 0) is 6.42 Å². The SMILES string of the molecule is CCCn1cc(C(=O)c2c(F)cc(F)cc2F)cn1. The van der Waals surface area contributed by atoms with E-state index in [4.69, 9.17) is 0 Å². The Morgan fingerprint density at radius 1 is 1.26 bits per heavy atom. The Hall–Kier alpha value is -2.11. The van der Waals surface area contributed by atoms with Gasteiger partial charge in [-0.15, -0.1) is 0 Å². The number of hydrogen-bond donors (Lipinski definition) is 0. The van der Waals surface area contributed by atoms with Crippen molar-refractivity contribution in [1.82, 2.24) is 9.78 Å². The summed E-state index contributed by atoms with van der Waals surface area (Å²) in [6, 6.07) is 0.958. The van der Waals surface area contributed by atoms with E-state index in [0.29, 0.717) is 18.7 Å². The summed E-state index contributed by atoms with van der Waals surface area (Å²) in [6.45, 7) is 2.53. The van der Waals surface area contributed by atoms with E-state index >= 15 is 0 Å². The van der Waals surface area contributed by atoms with Gasteiger partial charge < -0.3 is 0 Å². The van der Waals surface area contributed by atoms with Crippen molar-refractivity contribution < 1.29 is 18.0 Å². The largest absolute Gasteiger partial charge is 0.288 e. The average molecular weight is 268 g/mol. The van der Waals surface area contributed by atoms with Gasteiger partial charge >= 0.3 is 0 Å². The van der Waals surface area contributed by atoms with Crippen LogP contribution in [0.2, 0.25) is 0 Å².